The highest BCUT2D eigenvalue weighted by atomic mass is 35.5. The molecule has 2 N–H and O–H groups in total. The molecule has 4 nitrogen and oxygen atoms in total. The lowest BCUT2D eigenvalue weighted by atomic mass is 9.79. The van der Waals surface area contributed by atoms with Crippen LogP contribution in [0.25, 0.3) is 0 Å². The van der Waals surface area contributed by atoms with Gasteiger partial charge in [-0.15, -0.1) is 0 Å². The largest absolute Gasteiger partial charge is 0.389 e. The van der Waals surface area contributed by atoms with Crippen molar-refractivity contribution in [2.24, 2.45) is 5.92 Å². The fraction of sp³-hybridized carbons (Fsp3) is 0.571. The zero-order valence-corrected chi connectivity index (χ0v) is 13.3. The molecular formula is C14H19ClFNO3S. The van der Waals surface area contributed by atoms with E-state index in [0.717, 1.165) is 25.0 Å². The Labute approximate surface area is 129 Å². The van der Waals surface area contributed by atoms with Crippen molar-refractivity contribution in [3.8, 4) is 0 Å². The minimum atomic E-state index is -4.01. The van der Waals surface area contributed by atoms with Gasteiger partial charge in [-0.3, -0.25) is 0 Å². The second kappa shape index (κ2) is 6.20. The Kier molecular flexibility index (Phi) is 4.92. The topological polar surface area (TPSA) is 66.4 Å². The van der Waals surface area contributed by atoms with Crippen LogP contribution in [0.2, 0.25) is 5.02 Å². The second-order valence-electron chi connectivity index (χ2n) is 5.83. The Hall–Kier alpha value is -0.690. The maximum Gasteiger partial charge on any atom is 0.243 e. The van der Waals surface area contributed by atoms with Gasteiger partial charge in [0.15, 0.2) is 0 Å². The van der Waals surface area contributed by atoms with Gasteiger partial charge in [0.05, 0.1) is 5.60 Å². The van der Waals surface area contributed by atoms with Gasteiger partial charge in [-0.2, -0.15) is 0 Å². The molecular weight excluding hydrogens is 317 g/mol. The zero-order valence-electron chi connectivity index (χ0n) is 11.8. The van der Waals surface area contributed by atoms with E-state index in [9.17, 15) is 17.9 Å². The van der Waals surface area contributed by atoms with Gasteiger partial charge in [0.25, 0.3) is 0 Å². The van der Waals surface area contributed by atoms with E-state index < -0.39 is 26.3 Å². The van der Waals surface area contributed by atoms with Gasteiger partial charge in [0.1, 0.15) is 10.7 Å². The summed E-state index contributed by atoms with van der Waals surface area (Å²) in [7, 11) is -4.01. The third-order valence-electron chi connectivity index (χ3n) is 3.84. The van der Waals surface area contributed by atoms with E-state index in [1.165, 1.54) is 6.07 Å². The molecule has 1 fully saturated rings. The number of halogens is 2. The molecule has 1 aromatic carbocycles. The van der Waals surface area contributed by atoms with Crippen LogP contribution in [0.3, 0.4) is 0 Å². The van der Waals surface area contributed by atoms with Crippen LogP contribution in [0.15, 0.2) is 23.1 Å². The van der Waals surface area contributed by atoms with Crippen LogP contribution in [0.4, 0.5) is 4.39 Å². The molecule has 0 spiro atoms. The van der Waals surface area contributed by atoms with Gasteiger partial charge in [0, 0.05) is 11.6 Å². The molecule has 0 aliphatic heterocycles. The summed E-state index contributed by atoms with van der Waals surface area (Å²) in [5.74, 6) is -0.556. The molecule has 1 aliphatic carbocycles. The van der Waals surface area contributed by atoms with E-state index in [0.29, 0.717) is 18.8 Å². The van der Waals surface area contributed by atoms with Crippen molar-refractivity contribution in [2.75, 3.05) is 6.54 Å². The van der Waals surface area contributed by atoms with E-state index in [2.05, 4.69) is 4.72 Å². The second-order valence-corrected chi connectivity index (χ2v) is 8.00. The average Bonchev–Trinajstić information content (AvgIpc) is 2.36. The normalized spacial score (nSPS) is 26.8. The number of nitrogens with one attached hydrogen (secondary N) is 1. The predicted octanol–water partition coefficient (Wildman–Crippen LogP) is 2.70. The van der Waals surface area contributed by atoms with Gasteiger partial charge in [0.2, 0.25) is 10.0 Å². The zero-order chi connectivity index (χ0) is 15.7. The van der Waals surface area contributed by atoms with Gasteiger partial charge >= 0.3 is 0 Å². The molecule has 1 aliphatic rings. The maximum atomic E-state index is 13.7. The first-order valence-electron chi connectivity index (χ1n) is 6.89. The molecule has 0 saturated heterocycles. The lowest BCUT2D eigenvalue weighted by Crippen LogP contribution is -2.45. The minimum Gasteiger partial charge on any atom is -0.389 e. The lowest BCUT2D eigenvalue weighted by Gasteiger charge is -2.35. The molecule has 21 heavy (non-hydrogen) atoms. The van der Waals surface area contributed by atoms with Crippen LogP contribution >= 0.6 is 11.6 Å². The fourth-order valence-electron chi connectivity index (χ4n) is 2.79. The van der Waals surface area contributed by atoms with Gasteiger partial charge < -0.3 is 5.11 Å². The molecule has 0 amide bonds. The molecule has 2 atom stereocenters. The molecule has 1 saturated carbocycles. The Morgan fingerprint density at radius 3 is 2.86 bits per heavy atom. The highest BCUT2D eigenvalue weighted by Gasteiger charge is 2.34. The first-order valence-corrected chi connectivity index (χ1v) is 8.75. The predicted molar refractivity (Wildman–Crippen MR) is 79.2 cm³/mol. The SMILES string of the molecule is CC1CCCC(O)(CNS(=O)(=O)c2ccc(Cl)cc2F)C1. The van der Waals surface area contributed by atoms with Crippen LogP contribution in [-0.2, 0) is 10.0 Å². The summed E-state index contributed by atoms with van der Waals surface area (Å²) >= 11 is 5.61. The number of hydrogen-bond acceptors (Lipinski definition) is 3. The van der Waals surface area contributed by atoms with E-state index in [-0.39, 0.29) is 11.6 Å². The van der Waals surface area contributed by atoms with Crippen molar-refractivity contribution in [1.29, 1.82) is 0 Å². The number of sulfonamides is 1. The molecule has 0 bridgehead atoms. The maximum absolute atomic E-state index is 13.7. The van der Waals surface area contributed by atoms with Crippen LogP contribution in [0.1, 0.15) is 32.6 Å². The summed E-state index contributed by atoms with van der Waals surface area (Å²) in [6, 6.07) is 3.39. The molecule has 2 rings (SSSR count). The van der Waals surface area contributed by atoms with Crippen LogP contribution in [0, 0.1) is 11.7 Å². The molecule has 2 unspecified atom stereocenters. The number of aliphatic hydroxyl groups is 1. The summed E-state index contributed by atoms with van der Waals surface area (Å²) in [6.45, 7) is 1.92. The monoisotopic (exact) mass is 335 g/mol. The first kappa shape index (κ1) is 16.7. The molecule has 0 aromatic heterocycles. The number of rotatable bonds is 4. The van der Waals surface area contributed by atoms with Crippen LogP contribution < -0.4 is 4.72 Å². The molecule has 0 heterocycles. The Balaban J connectivity index is 2.11. The van der Waals surface area contributed by atoms with Crippen molar-refractivity contribution >= 4 is 21.6 Å². The van der Waals surface area contributed by atoms with Crippen molar-refractivity contribution in [3.63, 3.8) is 0 Å². The van der Waals surface area contributed by atoms with Crippen LogP contribution in [-0.4, -0.2) is 25.7 Å². The third kappa shape index (κ3) is 4.16. The van der Waals surface area contributed by atoms with Crippen molar-refractivity contribution < 1.29 is 17.9 Å². The molecule has 0 radical (unpaired) electrons. The highest BCUT2D eigenvalue weighted by Crippen LogP contribution is 2.32. The van der Waals surface area contributed by atoms with E-state index in [4.69, 9.17) is 11.6 Å². The summed E-state index contributed by atoms with van der Waals surface area (Å²) in [6.07, 6.45) is 2.97. The fourth-order valence-corrected chi connectivity index (χ4v) is 4.13. The van der Waals surface area contributed by atoms with Gasteiger partial charge in [-0.05, 0) is 37.0 Å². The van der Waals surface area contributed by atoms with E-state index >= 15 is 0 Å². The average molecular weight is 336 g/mol. The van der Waals surface area contributed by atoms with Crippen LogP contribution in [0.5, 0.6) is 0 Å². The Morgan fingerprint density at radius 2 is 2.24 bits per heavy atom. The van der Waals surface area contributed by atoms with Crippen molar-refractivity contribution in [2.45, 2.75) is 43.1 Å². The van der Waals surface area contributed by atoms with Crippen molar-refractivity contribution in [3.05, 3.63) is 29.0 Å². The quantitative estimate of drug-likeness (QED) is 0.889. The number of benzene rings is 1. The molecule has 7 heteroatoms. The Morgan fingerprint density at radius 1 is 1.52 bits per heavy atom. The lowest BCUT2D eigenvalue weighted by molar-refractivity contribution is -0.00752. The first-order chi connectivity index (χ1) is 9.72. The smallest absolute Gasteiger partial charge is 0.243 e. The molecule has 1 aromatic rings. The third-order valence-corrected chi connectivity index (χ3v) is 5.51. The Bertz CT molecular complexity index is 623. The van der Waals surface area contributed by atoms with E-state index in [1.807, 2.05) is 6.92 Å². The van der Waals surface area contributed by atoms with Gasteiger partial charge in [-0.25, -0.2) is 17.5 Å². The number of hydrogen-bond donors (Lipinski definition) is 2. The standard InChI is InChI=1S/C14H19ClFNO3S/c1-10-3-2-6-14(18,8-10)9-17-21(19,20)13-5-4-11(15)7-12(13)16/h4-5,7,10,17-18H,2-3,6,8-9H2,1H3. The van der Waals surface area contributed by atoms with Gasteiger partial charge in [-0.1, -0.05) is 31.4 Å². The minimum absolute atomic E-state index is 0.109. The summed E-state index contributed by atoms with van der Waals surface area (Å²) < 4.78 is 40.3. The summed E-state index contributed by atoms with van der Waals surface area (Å²) in [5, 5.41) is 10.6. The van der Waals surface area contributed by atoms with Crippen molar-refractivity contribution in [1.82, 2.24) is 4.72 Å². The molecule has 118 valence electrons. The summed E-state index contributed by atoms with van der Waals surface area (Å²) in [4.78, 5) is -0.459. The van der Waals surface area contributed by atoms with E-state index in [1.54, 1.807) is 0 Å². The summed E-state index contributed by atoms with van der Waals surface area (Å²) in [5.41, 5.74) is -1.06. The highest BCUT2D eigenvalue weighted by molar-refractivity contribution is 7.89.